The summed E-state index contributed by atoms with van der Waals surface area (Å²) in [5, 5.41) is 4.17. The van der Waals surface area contributed by atoms with Crippen LogP contribution in [0.25, 0.3) is 5.69 Å². The summed E-state index contributed by atoms with van der Waals surface area (Å²) < 4.78 is 14.5. The van der Waals surface area contributed by atoms with Gasteiger partial charge in [0.2, 0.25) is 0 Å². The molecular formula is C16H11FN2O. The molecule has 98 valence electrons. The normalized spacial score (nSPS) is 10.4. The molecule has 0 aliphatic carbocycles. The molecule has 0 N–H and O–H groups in total. The molecule has 0 fully saturated rings. The molecule has 3 rings (SSSR count). The summed E-state index contributed by atoms with van der Waals surface area (Å²) in [4.78, 5) is 12.2. The number of para-hydroxylation sites is 1. The zero-order chi connectivity index (χ0) is 13.9. The fourth-order valence-corrected chi connectivity index (χ4v) is 1.93. The molecule has 2 aromatic carbocycles. The van der Waals surface area contributed by atoms with Gasteiger partial charge in [-0.2, -0.15) is 5.10 Å². The molecule has 0 bridgehead atoms. The van der Waals surface area contributed by atoms with Gasteiger partial charge in [0.1, 0.15) is 5.82 Å². The van der Waals surface area contributed by atoms with E-state index in [-0.39, 0.29) is 11.6 Å². The van der Waals surface area contributed by atoms with Crippen LogP contribution in [0, 0.1) is 5.82 Å². The van der Waals surface area contributed by atoms with Gasteiger partial charge in [-0.05, 0) is 36.4 Å². The summed E-state index contributed by atoms with van der Waals surface area (Å²) in [7, 11) is 0. The van der Waals surface area contributed by atoms with Crippen molar-refractivity contribution in [1.82, 2.24) is 9.78 Å². The Labute approximate surface area is 115 Å². The average Bonchev–Trinajstić information content (AvgIpc) is 2.98. The third kappa shape index (κ3) is 2.36. The molecule has 4 heteroatoms. The molecule has 0 aliphatic rings. The van der Waals surface area contributed by atoms with E-state index >= 15 is 0 Å². The van der Waals surface area contributed by atoms with Gasteiger partial charge in [-0.1, -0.05) is 18.2 Å². The van der Waals surface area contributed by atoms with E-state index in [1.807, 2.05) is 30.3 Å². The van der Waals surface area contributed by atoms with Crippen molar-refractivity contribution in [2.45, 2.75) is 0 Å². The smallest absolute Gasteiger partial charge is 0.196 e. The van der Waals surface area contributed by atoms with E-state index in [0.29, 0.717) is 11.1 Å². The summed E-state index contributed by atoms with van der Waals surface area (Å²) in [5.74, 6) is -0.534. The number of ketones is 1. The quantitative estimate of drug-likeness (QED) is 0.682. The van der Waals surface area contributed by atoms with Crippen molar-refractivity contribution in [3.63, 3.8) is 0 Å². The second-order valence-electron chi connectivity index (χ2n) is 4.35. The number of benzene rings is 2. The zero-order valence-corrected chi connectivity index (χ0v) is 10.5. The van der Waals surface area contributed by atoms with Crippen LogP contribution in [0.4, 0.5) is 4.39 Å². The van der Waals surface area contributed by atoms with Crippen LogP contribution < -0.4 is 0 Å². The molecule has 0 unspecified atom stereocenters. The van der Waals surface area contributed by atoms with Crippen molar-refractivity contribution in [3.05, 3.63) is 83.9 Å². The number of halogens is 1. The molecule has 0 aliphatic heterocycles. The van der Waals surface area contributed by atoms with E-state index in [4.69, 9.17) is 0 Å². The van der Waals surface area contributed by atoms with E-state index in [2.05, 4.69) is 5.10 Å². The van der Waals surface area contributed by atoms with Gasteiger partial charge in [-0.15, -0.1) is 0 Å². The lowest BCUT2D eigenvalue weighted by Crippen LogP contribution is -2.00. The monoisotopic (exact) mass is 266 g/mol. The minimum Gasteiger partial charge on any atom is -0.288 e. The summed E-state index contributed by atoms with van der Waals surface area (Å²) in [6.07, 6.45) is 3.18. The van der Waals surface area contributed by atoms with Gasteiger partial charge >= 0.3 is 0 Å². The predicted octanol–water partition coefficient (Wildman–Crippen LogP) is 3.24. The lowest BCUT2D eigenvalue weighted by Gasteiger charge is -1.99. The lowest BCUT2D eigenvalue weighted by molar-refractivity contribution is 0.103. The fraction of sp³-hybridized carbons (Fsp3) is 0. The zero-order valence-electron chi connectivity index (χ0n) is 10.5. The Hall–Kier alpha value is -2.75. The summed E-state index contributed by atoms with van der Waals surface area (Å²) >= 11 is 0. The van der Waals surface area contributed by atoms with Gasteiger partial charge in [0, 0.05) is 11.8 Å². The van der Waals surface area contributed by atoms with Gasteiger partial charge in [0.15, 0.2) is 5.78 Å². The van der Waals surface area contributed by atoms with Crippen LogP contribution in [0.5, 0.6) is 0 Å². The van der Waals surface area contributed by atoms with E-state index in [1.54, 1.807) is 10.9 Å². The first-order chi connectivity index (χ1) is 9.74. The first-order valence-electron chi connectivity index (χ1n) is 6.14. The van der Waals surface area contributed by atoms with E-state index in [1.165, 1.54) is 30.5 Å². The largest absolute Gasteiger partial charge is 0.288 e. The van der Waals surface area contributed by atoms with E-state index in [9.17, 15) is 9.18 Å². The summed E-state index contributed by atoms with van der Waals surface area (Å²) in [5.41, 5.74) is 1.80. The number of hydrogen-bond acceptors (Lipinski definition) is 2. The van der Waals surface area contributed by atoms with Crippen LogP contribution in [0.1, 0.15) is 15.9 Å². The van der Waals surface area contributed by atoms with Crippen LogP contribution in [-0.4, -0.2) is 15.6 Å². The number of aromatic nitrogens is 2. The van der Waals surface area contributed by atoms with Gasteiger partial charge in [0.25, 0.3) is 0 Å². The van der Waals surface area contributed by atoms with E-state index < -0.39 is 0 Å². The molecular weight excluding hydrogens is 255 g/mol. The van der Waals surface area contributed by atoms with Crippen LogP contribution in [0.15, 0.2) is 67.0 Å². The Kier molecular flexibility index (Phi) is 3.13. The Morgan fingerprint density at radius 3 is 2.35 bits per heavy atom. The predicted molar refractivity (Wildman–Crippen MR) is 73.4 cm³/mol. The van der Waals surface area contributed by atoms with Gasteiger partial charge in [-0.25, -0.2) is 9.07 Å². The van der Waals surface area contributed by atoms with E-state index in [0.717, 1.165) is 5.69 Å². The Bertz CT molecular complexity index is 733. The summed E-state index contributed by atoms with van der Waals surface area (Å²) in [6, 6.07) is 15.0. The fourth-order valence-electron chi connectivity index (χ4n) is 1.93. The highest BCUT2D eigenvalue weighted by Gasteiger charge is 2.11. The minimum absolute atomic E-state index is 0.174. The average molecular weight is 266 g/mol. The first kappa shape index (κ1) is 12.3. The van der Waals surface area contributed by atoms with Crippen LogP contribution in [-0.2, 0) is 0 Å². The topological polar surface area (TPSA) is 34.9 Å². The molecule has 20 heavy (non-hydrogen) atoms. The van der Waals surface area contributed by atoms with Gasteiger partial charge in [0.05, 0.1) is 17.4 Å². The molecule has 0 spiro atoms. The standard InChI is InChI=1S/C16H11FN2O/c17-14-8-6-12(7-9-14)16(20)13-10-18-19(11-13)15-4-2-1-3-5-15/h1-11H. The molecule has 1 aromatic heterocycles. The molecule has 0 saturated heterocycles. The van der Waals surface area contributed by atoms with Crippen molar-refractivity contribution in [2.75, 3.05) is 0 Å². The van der Waals surface area contributed by atoms with Crippen LogP contribution in [0.2, 0.25) is 0 Å². The third-order valence-electron chi connectivity index (χ3n) is 2.97. The molecule has 0 amide bonds. The number of nitrogens with zero attached hydrogens (tertiary/aromatic N) is 2. The van der Waals surface area contributed by atoms with Crippen molar-refractivity contribution < 1.29 is 9.18 Å². The lowest BCUT2D eigenvalue weighted by atomic mass is 10.1. The third-order valence-corrected chi connectivity index (χ3v) is 2.97. The van der Waals surface area contributed by atoms with Crippen molar-refractivity contribution in [1.29, 1.82) is 0 Å². The van der Waals surface area contributed by atoms with Gasteiger partial charge < -0.3 is 0 Å². The molecule has 0 radical (unpaired) electrons. The van der Waals surface area contributed by atoms with Crippen LogP contribution >= 0.6 is 0 Å². The molecule has 3 nitrogen and oxygen atoms in total. The second kappa shape index (κ2) is 5.09. The highest BCUT2D eigenvalue weighted by atomic mass is 19.1. The van der Waals surface area contributed by atoms with Crippen molar-refractivity contribution >= 4 is 5.78 Å². The Morgan fingerprint density at radius 2 is 1.65 bits per heavy atom. The second-order valence-corrected chi connectivity index (χ2v) is 4.35. The maximum Gasteiger partial charge on any atom is 0.196 e. The summed E-state index contributed by atoms with van der Waals surface area (Å²) in [6.45, 7) is 0. The maximum absolute atomic E-state index is 12.9. The molecule has 1 heterocycles. The highest BCUT2D eigenvalue weighted by molar-refractivity contribution is 6.08. The Morgan fingerprint density at radius 1 is 0.950 bits per heavy atom. The maximum atomic E-state index is 12.9. The number of carbonyl (C=O) groups is 1. The molecule has 0 atom stereocenters. The SMILES string of the molecule is O=C(c1ccc(F)cc1)c1cnn(-c2ccccc2)c1. The van der Waals surface area contributed by atoms with Gasteiger partial charge in [-0.3, -0.25) is 4.79 Å². The number of hydrogen-bond donors (Lipinski definition) is 0. The van der Waals surface area contributed by atoms with Crippen LogP contribution in [0.3, 0.4) is 0 Å². The number of carbonyl (C=O) groups excluding carboxylic acids is 1. The van der Waals surface area contributed by atoms with Crippen molar-refractivity contribution in [3.8, 4) is 5.69 Å². The molecule has 3 aromatic rings. The number of rotatable bonds is 3. The highest BCUT2D eigenvalue weighted by Crippen LogP contribution is 2.12. The Balaban J connectivity index is 1.90. The minimum atomic E-state index is -0.360. The van der Waals surface area contributed by atoms with Crippen molar-refractivity contribution in [2.24, 2.45) is 0 Å². The first-order valence-corrected chi connectivity index (χ1v) is 6.14. The molecule has 0 saturated carbocycles.